The summed E-state index contributed by atoms with van der Waals surface area (Å²) in [5.41, 5.74) is 7.10. The number of rotatable bonds is 4. The molecule has 0 fully saturated rings. The van der Waals surface area contributed by atoms with Crippen LogP contribution >= 0.6 is 0 Å². The molecule has 20 heavy (non-hydrogen) atoms. The van der Waals surface area contributed by atoms with Crippen LogP contribution in [0.3, 0.4) is 0 Å². The minimum absolute atomic E-state index is 0.127. The molecule has 0 unspecified atom stereocenters. The van der Waals surface area contributed by atoms with Gasteiger partial charge in [0.15, 0.2) is 9.84 Å². The Kier molecular flexibility index (Phi) is 3.94. The van der Waals surface area contributed by atoms with Crippen LogP contribution < -0.4 is 10.5 Å². The smallest absolute Gasteiger partial charge is 0.186 e. The quantitative estimate of drug-likeness (QED) is 0.871. The number of pyridine rings is 1. The second kappa shape index (κ2) is 5.50. The summed E-state index contributed by atoms with van der Waals surface area (Å²) in [7, 11) is -2.00. The van der Waals surface area contributed by atoms with Crippen LogP contribution in [0.5, 0.6) is 5.75 Å². The number of nitrogens with two attached hydrogens (primary N) is 1. The Bertz CT molecular complexity index is 727. The number of anilines is 1. The molecule has 0 amide bonds. The van der Waals surface area contributed by atoms with Gasteiger partial charge in [0.2, 0.25) is 0 Å². The molecule has 5 nitrogen and oxygen atoms in total. The third kappa shape index (κ3) is 3.08. The average molecular weight is 292 g/mol. The van der Waals surface area contributed by atoms with Gasteiger partial charge >= 0.3 is 0 Å². The fourth-order valence-corrected chi connectivity index (χ4v) is 3.34. The molecule has 0 aliphatic heterocycles. The molecule has 0 bridgehead atoms. The van der Waals surface area contributed by atoms with Crippen molar-refractivity contribution in [3.63, 3.8) is 0 Å². The molecular formula is C14H16N2O3S. The van der Waals surface area contributed by atoms with Crippen molar-refractivity contribution in [2.24, 2.45) is 0 Å². The Labute approximate surface area is 118 Å². The average Bonchev–Trinajstić information content (AvgIpc) is 2.37. The second-order valence-corrected chi connectivity index (χ2v) is 6.39. The number of nitrogens with zero attached hydrogens (tertiary/aromatic N) is 1. The normalized spacial score (nSPS) is 11.3. The van der Waals surface area contributed by atoms with Crippen molar-refractivity contribution >= 4 is 15.5 Å². The Morgan fingerprint density at radius 1 is 1.25 bits per heavy atom. The minimum atomic E-state index is -3.53. The molecule has 0 aliphatic rings. The molecule has 106 valence electrons. The number of ether oxygens (including phenoxy) is 1. The van der Waals surface area contributed by atoms with Gasteiger partial charge in [-0.05, 0) is 19.1 Å². The van der Waals surface area contributed by atoms with Crippen molar-refractivity contribution < 1.29 is 13.2 Å². The summed E-state index contributed by atoms with van der Waals surface area (Å²) in [4.78, 5) is 4.35. The molecule has 6 heteroatoms. The third-order valence-corrected chi connectivity index (χ3v) is 4.53. The van der Waals surface area contributed by atoms with Crippen LogP contribution in [0.2, 0.25) is 0 Å². The van der Waals surface area contributed by atoms with Crippen LogP contribution in [0.4, 0.5) is 5.69 Å². The minimum Gasteiger partial charge on any atom is -0.497 e. The Hall–Kier alpha value is -2.08. The summed E-state index contributed by atoms with van der Waals surface area (Å²) in [6, 6.07) is 9.77. The Morgan fingerprint density at radius 3 is 2.60 bits per heavy atom. The molecule has 1 heterocycles. The highest BCUT2D eigenvalue weighted by atomic mass is 32.2. The van der Waals surface area contributed by atoms with Gasteiger partial charge in [0.05, 0.1) is 29.1 Å². The van der Waals surface area contributed by atoms with E-state index in [-0.39, 0.29) is 16.3 Å². The number of nitrogen functional groups attached to an aromatic ring is 1. The lowest BCUT2D eigenvalue weighted by Gasteiger charge is -2.09. The van der Waals surface area contributed by atoms with E-state index in [9.17, 15) is 8.42 Å². The Balaban J connectivity index is 2.38. The summed E-state index contributed by atoms with van der Waals surface area (Å²) in [6.07, 6.45) is 0. The van der Waals surface area contributed by atoms with Crippen molar-refractivity contribution in [3.8, 4) is 5.75 Å². The summed E-state index contributed by atoms with van der Waals surface area (Å²) in [5, 5.41) is 0. The van der Waals surface area contributed by atoms with Crippen molar-refractivity contribution in [2.45, 2.75) is 17.6 Å². The number of benzene rings is 1. The fraction of sp³-hybridized carbons (Fsp3) is 0.214. The van der Waals surface area contributed by atoms with Gasteiger partial charge in [0.1, 0.15) is 5.75 Å². The molecule has 2 N–H and O–H groups in total. The standard InChI is InChI=1S/C14H16N2O3S/c1-10-7-12(19-2)8-11(16-10)9-20(17,18)14-6-4-3-5-13(14)15/h3-8H,9,15H2,1-2H3. The van der Waals surface area contributed by atoms with Gasteiger partial charge in [-0.25, -0.2) is 8.42 Å². The first-order chi connectivity index (χ1) is 9.42. The molecule has 0 atom stereocenters. The van der Waals surface area contributed by atoms with Crippen LogP contribution in [-0.4, -0.2) is 20.5 Å². The van der Waals surface area contributed by atoms with Gasteiger partial charge in [-0.15, -0.1) is 0 Å². The zero-order valence-corrected chi connectivity index (χ0v) is 12.1. The number of aryl methyl sites for hydroxylation is 1. The maximum absolute atomic E-state index is 12.4. The summed E-state index contributed by atoms with van der Waals surface area (Å²) < 4.78 is 29.9. The van der Waals surface area contributed by atoms with Gasteiger partial charge in [-0.1, -0.05) is 12.1 Å². The molecule has 0 saturated heterocycles. The number of hydrogen-bond acceptors (Lipinski definition) is 5. The van der Waals surface area contributed by atoms with Crippen molar-refractivity contribution in [1.29, 1.82) is 0 Å². The van der Waals surface area contributed by atoms with E-state index < -0.39 is 9.84 Å². The predicted octanol–water partition coefficient (Wildman–Crippen LogP) is 1.95. The van der Waals surface area contributed by atoms with Crippen LogP contribution in [0.25, 0.3) is 0 Å². The summed E-state index contributed by atoms with van der Waals surface area (Å²) >= 11 is 0. The first-order valence-electron chi connectivity index (χ1n) is 6.01. The van der Waals surface area contributed by atoms with E-state index >= 15 is 0 Å². The predicted molar refractivity (Wildman–Crippen MR) is 77.3 cm³/mol. The van der Waals surface area contributed by atoms with E-state index in [1.807, 2.05) is 0 Å². The number of hydrogen-bond donors (Lipinski definition) is 1. The lowest BCUT2D eigenvalue weighted by atomic mass is 10.3. The van der Waals surface area contributed by atoms with Gasteiger partial charge in [0, 0.05) is 17.8 Å². The zero-order valence-electron chi connectivity index (χ0n) is 11.3. The maximum Gasteiger partial charge on any atom is 0.186 e. The van der Waals surface area contributed by atoms with E-state index in [1.54, 1.807) is 37.3 Å². The molecule has 0 spiro atoms. The molecule has 1 aromatic heterocycles. The Morgan fingerprint density at radius 2 is 1.95 bits per heavy atom. The lowest BCUT2D eigenvalue weighted by Crippen LogP contribution is -2.09. The third-order valence-electron chi connectivity index (χ3n) is 2.81. The molecule has 0 saturated carbocycles. The first-order valence-corrected chi connectivity index (χ1v) is 7.66. The number of sulfone groups is 1. The number of methoxy groups -OCH3 is 1. The van der Waals surface area contributed by atoms with E-state index in [2.05, 4.69) is 4.98 Å². The SMILES string of the molecule is COc1cc(C)nc(CS(=O)(=O)c2ccccc2N)c1. The van der Waals surface area contributed by atoms with Crippen molar-refractivity contribution in [3.05, 3.63) is 47.8 Å². The van der Waals surface area contributed by atoms with Gasteiger partial charge in [0.25, 0.3) is 0 Å². The summed E-state index contributed by atoms with van der Waals surface area (Å²) in [5.74, 6) is 0.378. The molecule has 2 aromatic rings. The largest absolute Gasteiger partial charge is 0.497 e. The highest BCUT2D eigenvalue weighted by Gasteiger charge is 2.19. The molecule has 2 rings (SSSR count). The van der Waals surface area contributed by atoms with E-state index in [0.717, 1.165) is 0 Å². The molecule has 0 aliphatic carbocycles. The molecule has 0 radical (unpaired) electrons. The molecule has 1 aromatic carbocycles. The van der Waals surface area contributed by atoms with Gasteiger partial charge in [-0.2, -0.15) is 0 Å². The fourth-order valence-electron chi connectivity index (χ4n) is 1.93. The van der Waals surface area contributed by atoms with E-state index in [1.165, 1.54) is 13.2 Å². The number of aromatic nitrogens is 1. The van der Waals surface area contributed by atoms with Crippen LogP contribution in [0, 0.1) is 6.92 Å². The highest BCUT2D eigenvalue weighted by molar-refractivity contribution is 7.90. The van der Waals surface area contributed by atoms with Crippen LogP contribution in [0.1, 0.15) is 11.4 Å². The van der Waals surface area contributed by atoms with E-state index in [4.69, 9.17) is 10.5 Å². The lowest BCUT2D eigenvalue weighted by molar-refractivity contribution is 0.413. The van der Waals surface area contributed by atoms with E-state index in [0.29, 0.717) is 17.1 Å². The van der Waals surface area contributed by atoms with Gasteiger partial charge in [-0.3, -0.25) is 4.98 Å². The van der Waals surface area contributed by atoms with Crippen molar-refractivity contribution in [2.75, 3.05) is 12.8 Å². The highest BCUT2D eigenvalue weighted by Crippen LogP contribution is 2.23. The number of para-hydroxylation sites is 1. The monoisotopic (exact) mass is 292 g/mol. The van der Waals surface area contributed by atoms with Crippen molar-refractivity contribution in [1.82, 2.24) is 4.98 Å². The van der Waals surface area contributed by atoms with Crippen LogP contribution in [0.15, 0.2) is 41.3 Å². The van der Waals surface area contributed by atoms with Gasteiger partial charge < -0.3 is 10.5 Å². The summed E-state index contributed by atoms with van der Waals surface area (Å²) in [6.45, 7) is 1.79. The molecular weight excluding hydrogens is 276 g/mol. The zero-order chi connectivity index (χ0) is 14.8. The first kappa shape index (κ1) is 14.3. The topological polar surface area (TPSA) is 82.3 Å². The second-order valence-electron chi connectivity index (χ2n) is 4.44. The van der Waals surface area contributed by atoms with Crippen LogP contribution in [-0.2, 0) is 15.6 Å². The maximum atomic E-state index is 12.4.